The van der Waals surface area contributed by atoms with Crippen LogP contribution in [0.5, 0.6) is 11.5 Å². The molecule has 29 heavy (non-hydrogen) atoms. The Hall–Kier alpha value is -2.61. The Labute approximate surface area is 175 Å². The fourth-order valence-electron chi connectivity index (χ4n) is 2.76. The summed E-state index contributed by atoms with van der Waals surface area (Å²) < 4.78 is 15.6. The molecule has 0 fully saturated rings. The van der Waals surface area contributed by atoms with Gasteiger partial charge in [0, 0.05) is 23.6 Å². The Balaban J connectivity index is 2.23. The average molecular weight is 421 g/mol. The van der Waals surface area contributed by atoms with E-state index in [2.05, 4.69) is 11.9 Å². The Morgan fingerprint density at radius 3 is 2.34 bits per heavy atom. The lowest BCUT2D eigenvalue weighted by Crippen LogP contribution is -2.31. The molecule has 0 bridgehead atoms. The van der Waals surface area contributed by atoms with Crippen LogP contribution in [0.1, 0.15) is 59.0 Å². The van der Waals surface area contributed by atoms with Crippen LogP contribution < -0.4 is 9.47 Å². The predicted octanol–water partition coefficient (Wildman–Crippen LogP) is 4.17. The zero-order valence-corrected chi connectivity index (χ0v) is 18.2. The third-order valence-corrected chi connectivity index (χ3v) is 5.11. The zero-order chi connectivity index (χ0) is 21.2. The lowest BCUT2D eigenvalue weighted by Gasteiger charge is -2.22. The lowest BCUT2D eigenvalue weighted by molar-refractivity contribution is 0.0520. The number of unbranched alkanes of at least 4 members (excludes halogenated alkanes) is 2. The van der Waals surface area contributed by atoms with E-state index >= 15 is 0 Å². The van der Waals surface area contributed by atoms with Crippen molar-refractivity contribution in [1.29, 1.82) is 0 Å². The van der Waals surface area contributed by atoms with E-state index in [1.807, 2.05) is 0 Å². The average Bonchev–Trinajstić information content (AvgIpc) is 3.21. The molecule has 1 aromatic heterocycles. The number of ether oxygens (including phenoxy) is 3. The fourth-order valence-corrected chi connectivity index (χ4v) is 3.54. The Kier molecular flexibility index (Phi) is 8.92. The van der Waals surface area contributed by atoms with Gasteiger partial charge in [-0.2, -0.15) is 0 Å². The van der Waals surface area contributed by atoms with Crippen LogP contribution in [0.3, 0.4) is 0 Å². The Bertz CT molecular complexity index is 799. The molecule has 0 aliphatic heterocycles. The van der Waals surface area contributed by atoms with Crippen molar-refractivity contribution in [1.82, 2.24) is 9.88 Å². The second kappa shape index (κ2) is 11.4. The molecular weight excluding hydrogens is 392 g/mol. The van der Waals surface area contributed by atoms with Crippen molar-refractivity contribution in [2.24, 2.45) is 0 Å². The highest BCUT2D eigenvalue weighted by Gasteiger charge is 2.20. The molecule has 158 valence electrons. The molecule has 0 radical (unpaired) electrons. The van der Waals surface area contributed by atoms with Crippen LogP contribution in [-0.2, 0) is 11.3 Å². The van der Waals surface area contributed by atoms with Crippen molar-refractivity contribution in [2.45, 2.75) is 39.7 Å². The zero-order valence-electron chi connectivity index (χ0n) is 17.4. The summed E-state index contributed by atoms with van der Waals surface area (Å²) in [5, 5.41) is 2.35. The topological polar surface area (TPSA) is 78.0 Å². The standard InChI is InChI=1S/C21H28N2O5S/c1-5-7-8-9-23(13-19-22-18(14-29-19)21(25)28-6-2)20(24)15-10-16(26-3)12-17(11-15)27-4/h10-12,14H,5-9,13H2,1-4H3. The number of hydrogen-bond acceptors (Lipinski definition) is 7. The van der Waals surface area contributed by atoms with Gasteiger partial charge in [-0.3, -0.25) is 4.79 Å². The van der Waals surface area contributed by atoms with Crippen molar-refractivity contribution < 1.29 is 23.8 Å². The molecule has 0 N–H and O–H groups in total. The number of carbonyl (C=O) groups excluding carboxylic acids is 2. The minimum absolute atomic E-state index is 0.133. The molecule has 0 saturated carbocycles. The first-order valence-corrected chi connectivity index (χ1v) is 10.5. The van der Waals surface area contributed by atoms with E-state index in [0.717, 1.165) is 19.3 Å². The molecule has 0 spiro atoms. The number of hydrogen-bond donors (Lipinski definition) is 0. The molecule has 0 unspecified atom stereocenters. The molecule has 2 rings (SSSR count). The molecule has 0 aliphatic carbocycles. The van der Waals surface area contributed by atoms with Gasteiger partial charge in [-0.05, 0) is 25.5 Å². The summed E-state index contributed by atoms with van der Waals surface area (Å²) in [5.74, 6) is 0.530. The van der Waals surface area contributed by atoms with Gasteiger partial charge in [0.2, 0.25) is 0 Å². The first kappa shape index (κ1) is 22.7. The lowest BCUT2D eigenvalue weighted by atomic mass is 10.1. The van der Waals surface area contributed by atoms with Crippen molar-refractivity contribution >= 4 is 23.2 Å². The number of thiazole rings is 1. The van der Waals surface area contributed by atoms with Crippen molar-refractivity contribution in [3.05, 3.63) is 39.8 Å². The number of esters is 1. The minimum atomic E-state index is -0.448. The largest absolute Gasteiger partial charge is 0.497 e. The smallest absolute Gasteiger partial charge is 0.357 e. The van der Waals surface area contributed by atoms with Gasteiger partial charge in [-0.15, -0.1) is 11.3 Å². The quantitative estimate of drug-likeness (QED) is 0.401. The summed E-state index contributed by atoms with van der Waals surface area (Å²) in [6.07, 6.45) is 2.97. The number of carbonyl (C=O) groups is 2. The highest BCUT2D eigenvalue weighted by atomic mass is 32.1. The van der Waals surface area contributed by atoms with Gasteiger partial charge in [0.25, 0.3) is 5.91 Å². The number of rotatable bonds is 11. The predicted molar refractivity (Wildman–Crippen MR) is 112 cm³/mol. The highest BCUT2D eigenvalue weighted by molar-refractivity contribution is 7.09. The van der Waals surface area contributed by atoms with E-state index < -0.39 is 5.97 Å². The van der Waals surface area contributed by atoms with Crippen molar-refractivity contribution in [3.8, 4) is 11.5 Å². The summed E-state index contributed by atoms with van der Waals surface area (Å²) in [6, 6.07) is 5.12. The molecule has 0 atom stereocenters. The number of aromatic nitrogens is 1. The van der Waals surface area contributed by atoms with E-state index in [-0.39, 0.29) is 11.6 Å². The van der Waals surface area contributed by atoms with Crippen LogP contribution in [0.25, 0.3) is 0 Å². The Morgan fingerprint density at radius 2 is 1.76 bits per heavy atom. The molecule has 7 nitrogen and oxygen atoms in total. The fraction of sp³-hybridized carbons (Fsp3) is 0.476. The van der Waals surface area contributed by atoms with Crippen LogP contribution in [0, 0.1) is 0 Å². The maximum atomic E-state index is 13.2. The minimum Gasteiger partial charge on any atom is -0.497 e. The van der Waals surface area contributed by atoms with E-state index in [9.17, 15) is 9.59 Å². The summed E-state index contributed by atoms with van der Waals surface area (Å²) in [5.41, 5.74) is 0.760. The van der Waals surface area contributed by atoms with Crippen LogP contribution >= 0.6 is 11.3 Å². The summed E-state index contributed by atoms with van der Waals surface area (Å²) in [7, 11) is 3.10. The van der Waals surface area contributed by atoms with E-state index in [1.54, 1.807) is 49.6 Å². The van der Waals surface area contributed by atoms with Crippen molar-refractivity contribution in [2.75, 3.05) is 27.4 Å². The maximum Gasteiger partial charge on any atom is 0.357 e. The van der Waals surface area contributed by atoms with E-state index in [4.69, 9.17) is 14.2 Å². The van der Waals surface area contributed by atoms with Gasteiger partial charge in [-0.25, -0.2) is 9.78 Å². The van der Waals surface area contributed by atoms with Gasteiger partial charge in [0.15, 0.2) is 5.69 Å². The van der Waals surface area contributed by atoms with E-state index in [1.165, 1.54) is 11.3 Å². The van der Waals surface area contributed by atoms with Crippen LogP contribution in [-0.4, -0.2) is 49.1 Å². The van der Waals surface area contributed by atoms with Gasteiger partial charge in [0.05, 0.1) is 27.4 Å². The molecule has 0 aliphatic rings. The maximum absolute atomic E-state index is 13.2. The normalized spacial score (nSPS) is 10.5. The second-order valence-electron chi connectivity index (χ2n) is 6.38. The molecule has 1 heterocycles. The first-order valence-electron chi connectivity index (χ1n) is 9.66. The molecule has 2 aromatic rings. The second-order valence-corrected chi connectivity index (χ2v) is 7.32. The third kappa shape index (κ3) is 6.45. The third-order valence-electron chi connectivity index (χ3n) is 4.28. The van der Waals surface area contributed by atoms with Gasteiger partial charge in [0.1, 0.15) is 16.5 Å². The highest BCUT2D eigenvalue weighted by Crippen LogP contribution is 2.24. The SMILES string of the molecule is CCCCCN(Cc1nc(C(=O)OCC)cs1)C(=O)c1cc(OC)cc(OC)c1. The molecule has 1 amide bonds. The van der Waals surface area contributed by atoms with Gasteiger partial charge < -0.3 is 19.1 Å². The number of benzene rings is 1. The summed E-state index contributed by atoms with van der Waals surface area (Å²) in [6.45, 7) is 5.09. The first-order chi connectivity index (χ1) is 14.0. The molecule has 8 heteroatoms. The van der Waals surface area contributed by atoms with Gasteiger partial charge in [-0.1, -0.05) is 19.8 Å². The summed E-state index contributed by atoms with van der Waals surface area (Å²) >= 11 is 1.34. The molecule has 1 aromatic carbocycles. The molecule has 0 saturated heterocycles. The van der Waals surface area contributed by atoms with Crippen LogP contribution in [0.4, 0.5) is 0 Å². The molecular formula is C21H28N2O5S. The Morgan fingerprint density at radius 1 is 1.07 bits per heavy atom. The number of nitrogens with zero attached hydrogens (tertiary/aromatic N) is 2. The number of amides is 1. The summed E-state index contributed by atoms with van der Waals surface area (Å²) in [4.78, 5) is 31.2. The number of methoxy groups -OCH3 is 2. The monoisotopic (exact) mass is 420 g/mol. The van der Waals surface area contributed by atoms with Gasteiger partial charge >= 0.3 is 5.97 Å². The van der Waals surface area contributed by atoms with Crippen LogP contribution in [0.2, 0.25) is 0 Å². The van der Waals surface area contributed by atoms with Crippen molar-refractivity contribution in [3.63, 3.8) is 0 Å². The van der Waals surface area contributed by atoms with Crippen LogP contribution in [0.15, 0.2) is 23.6 Å². The van der Waals surface area contributed by atoms with E-state index in [0.29, 0.717) is 41.8 Å².